The highest BCUT2D eigenvalue weighted by Gasteiger charge is 1.98. The normalized spacial score (nSPS) is 8.94. The second-order valence-corrected chi connectivity index (χ2v) is 3.24. The quantitative estimate of drug-likeness (QED) is 0.562. The Morgan fingerprint density at radius 2 is 2.12 bits per heavy atom. The van der Waals surface area contributed by atoms with Gasteiger partial charge in [0.05, 0.1) is 14.2 Å². The molecule has 0 fully saturated rings. The molecule has 0 bridgehead atoms. The lowest BCUT2D eigenvalue weighted by Crippen LogP contribution is -1.97. The molecule has 0 saturated carbocycles. The Morgan fingerprint density at radius 3 is 2.69 bits per heavy atom. The van der Waals surface area contributed by atoms with Gasteiger partial charge in [-0.2, -0.15) is 0 Å². The van der Waals surface area contributed by atoms with Crippen LogP contribution in [-0.2, 0) is 9.53 Å². The van der Waals surface area contributed by atoms with Crippen LogP contribution in [0.4, 0.5) is 0 Å². The number of hydrogen-bond donors (Lipinski definition) is 0. The molecule has 0 atom stereocenters. The van der Waals surface area contributed by atoms with E-state index < -0.39 is 0 Å². The molecule has 3 nitrogen and oxygen atoms in total. The lowest BCUT2D eigenvalue weighted by Gasteiger charge is -2.02. The summed E-state index contributed by atoms with van der Waals surface area (Å²) < 4.78 is 9.58. The molecule has 0 unspecified atom stereocenters. The predicted octanol–water partition coefficient (Wildman–Crippen LogP) is 1.92. The van der Waals surface area contributed by atoms with E-state index in [0.29, 0.717) is 0 Å². The van der Waals surface area contributed by atoms with Gasteiger partial charge in [0, 0.05) is 5.56 Å². The van der Waals surface area contributed by atoms with Crippen LogP contribution in [0.2, 0.25) is 0 Å². The van der Waals surface area contributed by atoms with E-state index in [1.165, 1.54) is 7.11 Å². The lowest BCUT2D eigenvalue weighted by atomic mass is 10.1. The van der Waals surface area contributed by atoms with Crippen molar-refractivity contribution in [2.75, 3.05) is 14.2 Å². The largest absolute Gasteiger partial charge is 0.497 e. The topological polar surface area (TPSA) is 35.5 Å². The van der Waals surface area contributed by atoms with Crippen molar-refractivity contribution in [3.8, 4) is 17.6 Å². The first-order valence-corrected chi connectivity index (χ1v) is 4.87. The molecule has 3 heteroatoms. The molecule has 0 radical (unpaired) electrons. The first-order chi connectivity index (χ1) is 7.67. The van der Waals surface area contributed by atoms with Crippen LogP contribution >= 0.6 is 0 Å². The van der Waals surface area contributed by atoms with Gasteiger partial charge in [0.2, 0.25) is 0 Å². The van der Waals surface area contributed by atoms with Crippen LogP contribution in [-0.4, -0.2) is 20.2 Å². The Bertz CT molecular complexity index is 438. The Hall–Kier alpha value is -1.95. The van der Waals surface area contributed by atoms with Gasteiger partial charge >= 0.3 is 5.97 Å². The maximum absolute atomic E-state index is 10.8. The molecule has 0 heterocycles. The maximum atomic E-state index is 10.8. The van der Waals surface area contributed by atoms with Crippen molar-refractivity contribution in [1.82, 2.24) is 0 Å². The van der Waals surface area contributed by atoms with E-state index in [2.05, 4.69) is 16.6 Å². The standard InChI is InChI=1S/C13H14O3/c1-10-9-12(15-2)8-7-11(10)5-4-6-13(14)16-3/h7-9H,6H2,1-3H3. The van der Waals surface area contributed by atoms with Gasteiger partial charge in [-0.1, -0.05) is 11.8 Å². The summed E-state index contributed by atoms with van der Waals surface area (Å²) in [7, 11) is 2.97. The van der Waals surface area contributed by atoms with Gasteiger partial charge in [0.1, 0.15) is 12.2 Å². The summed E-state index contributed by atoms with van der Waals surface area (Å²) >= 11 is 0. The number of methoxy groups -OCH3 is 2. The van der Waals surface area contributed by atoms with Crippen LogP contribution in [0.15, 0.2) is 18.2 Å². The molecule has 1 aromatic rings. The Morgan fingerprint density at radius 1 is 1.38 bits per heavy atom. The summed E-state index contributed by atoms with van der Waals surface area (Å²) in [5.41, 5.74) is 1.92. The van der Waals surface area contributed by atoms with Gasteiger partial charge in [-0.3, -0.25) is 4.79 Å². The summed E-state index contributed by atoms with van der Waals surface area (Å²) in [6.07, 6.45) is 0.113. The van der Waals surface area contributed by atoms with E-state index in [-0.39, 0.29) is 12.4 Å². The van der Waals surface area contributed by atoms with Gasteiger partial charge in [0.15, 0.2) is 0 Å². The number of rotatable bonds is 2. The number of carbonyl (C=O) groups excluding carboxylic acids is 1. The van der Waals surface area contributed by atoms with Gasteiger partial charge in [-0.15, -0.1) is 0 Å². The first kappa shape index (κ1) is 12.1. The van der Waals surface area contributed by atoms with Gasteiger partial charge in [-0.25, -0.2) is 0 Å². The molecular formula is C13H14O3. The van der Waals surface area contributed by atoms with Crippen molar-refractivity contribution >= 4 is 5.97 Å². The maximum Gasteiger partial charge on any atom is 0.317 e. The van der Waals surface area contributed by atoms with Crippen molar-refractivity contribution in [3.05, 3.63) is 29.3 Å². The highest BCUT2D eigenvalue weighted by molar-refractivity contribution is 5.72. The SMILES string of the molecule is COC(=O)CC#Cc1ccc(OC)cc1C. The second kappa shape index (κ2) is 5.82. The summed E-state index contributed by atoms with van der Waals surface area (Å²) in [5.74, 6) is 6.17. The van der Waals surface area contributed by atoms with Gasteiger partial charge in [-0.05, 0) is 30.7 Å². The van der Waals surface area contributed by atoms with E-state index in [4.69, 9.17) is 4.74 Å². The van der Waals surface area contributed by atoms with Crippen molar-refractivity contribution in [2.45, 2.75) is 13.3 Å². The Balaban J connectivity index is 2.77. The fourth-order valence-electron chi connectivity index (χ4n) is 1.19. The van der Waals surface area contributed by atoms with E-state index >= 15 is 0 Å². The average molecular weight is 218 g/mol. The van der Waals surface area contributed by atoms with E-state index in [0.717, 1.165) is 16.9 Å². The minimum absolute atomic E-state index is 0.113. The zero-order valence-corrected chi connectivity index (χ0v) is 9.66. The molecule has 0 amide bonds. The summed E-state index contributed by atoms with van der Waals surface area (Å²) in [4.78, 5) is 10.8. The van der Waals surface area contributed by atoms with Gasteiger partial charge < -0.3 is 9.47 Å². The minimum Gasteiger partial charge on any atom is -0.497 e. The fraction of sp³-hybridized carbons (Fsp3) is 0.308. The number of esters is 1. The van der Waals surface area contributed by atoms with Gasteiger partial charge in [0.25, 0.3) is 0 Å². The smallest absolute Gasteiger partial charge is 0.317 e. The molecule has 0 N–H and O–H groups in total. The zero-order valence-electron chi connectivity index (χ0n) is 9.66. The molecule has 0 saturated heterocycles. The Labute approximate surface area is 95.4 Å². The molecule has 0 aromatic heterocycles. The predicted molar refractivity (Wildman–Crippen MR) is 61.2 cm³/mol. The molecule has 0 spiro atoms. The van der Waals surface area contributed by atoms with Crippen molar-refractivity contribution < 1.29 is 14.3 Å². The first-order valence-electron chi connectivity index (χ1n) is 4.87. The van der Waals surface area contributed by atoms with E-state index in [1.54, 1.807) is 7.11 Å². The van der Waals surface area contributed by atoms with Crippen LogP contribution in [0.25, 0.3) is 0 Å². The molecule has 0 aliphatic heterocycles. The fourth-order valence-corrected chi connectivity index (χ4v) is 1.19. The average Bonchev–Trinajstić information content (AvgIpc) is 2.30. The van der Waals surface area contributed by atoms with Crippen LogP contribution in [0.3, 0.4) is 0 Å². The van der Waals surface area contributed by atoms with Crippen LogP contribution < -0.4 is 4.74 Å². The van der Waals surface area contributed by atoms with Crippen molar-refractivity contribution in [1.29, 1.82) is 0 Å². The summed E-state index contributed by atoms with van der Waals surface area (Å²) in [5, 5.41) is 0. The van der Waals surface area contributed by atoms with Crippen LogP contribution in [0.5, 0.6) is 5.75 Å². The van der Waals surface area contributed by atoms with E-state index in [9.17, 15) is 4.79 Å². The molecule has 1 rings (SSSR count). The number of aryl methyl sites for hydroxylation is 1. The molecule has 16 heavy (non-hydrogen) atoms. The zero-order chi connectivity index (χ0) is 12.0. The summed E-state index contributed by atoms with van der Waals surface area (Å²) in [6, 6.07) is 5.62. The molecule has 0 aliphatic carbocycles. The van der Waals surface area contributed by atoms with Crippen molar-refractivity contribution in [3.63, 3.8) is 0 Å². The second-order valence-electron chi connectivity index (χ2n) is 3.24. The van der Waals surface area contributed by atoms with Crippen LogP contribution in [0, 0.1) is 18.8 Å². The number of hydrogen-bond acceptors (Lipinski definition) is 3. The third-order valence-electron chi connectivity index (χ3n) is 2.12. The van der Waals surface area contributed by atoms with Crippen LogP contribution in [0.1, 0.15) is 17.5 Å². The molecule has 1 aromatic carbocycles. The number of carbonyl (C=O) groups is 1. The highest BCUT2D eigenvalue weighted by atomic mass is 16.5. The summed E-state index contributed by atoms with van der Waals surface area (Å²) in [6.45, 7) is 1.95. The van der Waals surface area contributed by atoms with E-state index in [1.807, 2.05) is 25.1 Å². The Kier molecular flexibility index (Phi) is 4.41. The molecule has 0 aliphatic rings. The number of benzene rings is 1. The van der Waals surface area contributed by atoms with Crippen molar-refractivity contribution in [2.24, 2.45) is 0 Å². The third kappa shape index (κ3) is 3.32. The number of ether oxygens (including phenoxy) is 2. The third-order valence-corrected chi connectivity index (χ3v) is 2.12. The lowest BCUT2D eigenvalue weighted by molar-refractivity contribution is -0.139. The monoisotopic (exact) mass is 218 g/mol. The highest BCUT2D eigenvalue weighted by Crippen LogP contribution is 2.15. The molecular weight excluding hydrogens is 204 g/mol. The minimum atomic E-state index is -0.321. The molecule has 84 valence electrons.